The third-order valence-electron chi connectivity index (χ3n) is 4.90. The van der Waals surface area contributed by atoms with Crippen LogP contribution in [0.1, 0.15) is 42.0 Å². The summed E-state index contributed by atoms with van der Waals surface area (Å²) in [5.41, 5.74) is 3.96. The Balaban J connectivity index is 1.56. The van der Waals surface area contributed by atoms with Crippen LogP contribution in [0, 0.1) is 13.8 Å². The molecule has 0 saturated carbocycles. The number of carbonyl (C=O) groups is 4. The van der Waals surface area contributed by atoms with Crippen LogP contribution < -0.4 is 10.7 Å². The lowest BCUT2D eigenvalue weighted by Crippen LogP contribution is -2.49. The van der Waals surface area contributed by atoms with E-state index in [2.05, 4.69) is 15.8 Å². The van der Waals surface area contributed by atoms with E-state index in [1.54, 1.807) is 42.8 Å². The Morgan fingerprint density at radius 3 is 2.40 bits per heavy atom. The van der Waals surface area contributed by atoms with Gasteiger partial charge in [0.25, 0.3) is 11.8 Å². The number of hydrazine groups is 1. The zero-order chi connectivity index (χ0) is 22.1. The standard InChI is InChI=1S/C20H23N5O5/c1-5-20(4)18(28)25(19(29)21-20)23-16(26)11-30-17(27)14-6-8-15(9-7-14)24-13(3)10-12(2)22-24/h6-10H,5,11H2,1-4H3,(H,21,29)(H,23,26)/t20-/m1/s1. The smallest absolute Gasteiger partial charge is 0.344 e. The molecule has 0 aliphatic carbocycles. The summed E-state index contributed by atoms with van der Waals surface area (Å²) in [6.45, 7) is 6.48. The zero-order valence-electron chi connectivity index (χ0n) is 17.2. The maximum absolute atomic E-state index is 12.3. The minimum absolute atomic E-state index is 0.252. The fourth-order valence-corrected chi connectivity index (χ4v) is 3.03. The molecular weight excluding hydrogens is 390 g/mol. The molecular formula is C20H23N5O5. The number of imide groups is 1. The molecule has 1 aliphatic rings. The van der Waals surface area contributed by atoms with Crippen LogP contribution >= 0.6 is 0 Å². The molecule has 10 nitrogen and oxygen atoms in total. The normalized spacial score (nSPS) is 18.3. The summed E-state index contributed by atoms with van der Waals surface area (Å²) < 4.78 is 6.73. The monoisotopic (exact) mass is 413 g/mol. The molecule has 3 rings (SSSR count). The van der Waals surface area contributed by atoms with Gasteiger partial charge in [-0.15, -0.1) is 0 Å². The highest BCUT2D eigenvalue weighted by molar-refractivity contribution is 6.07. The van der Waals surface area contributed by atoms with Gasteiger partial charge in [0.2, 0.25) is 0 Å². The van der Waals surface area contributed by atoms with Crippen LogP contribution in [0.25, 0.3) is 5.69 Å². The molecule has 1 aromatic carbocycles. The number of ether oxygens (including phenoxy) is 1. The number of urea groups is 1. The largest absolute Gasteiger partial charge is 0.452 e. The SMILES string of the molecule is CC[C@@]1(C)NC(=O)N(NC(=O)COC(=O)c2ccc(-n3nc(C)cc3C)cc2)C1=O. The number of aryl methyl sites for hydroxylation is 2. The molecule has 30 heavy (non-hydrogen) atoms. The third-order valence-corrected chi connectivity index (χ3v) is 4.90. The van der Waals surface area contributed by atoms with Gasteiger partial charge >= 0.3 is 12.0 Å². The average Bonchev–Trinajstić information content (AvgIpc) is 3.17. The molecule has 2 aromatic rings. The van der Waals surface area contributed by atoms with Crippen LogP contribution in [0.3, 0.4) is 0 Å². The van der Waals surface area contributed by atoms with Crippen molar-refractivity contribution >= 4 is 23.8 Å². The highest BCUT2D eigenvalue weighted by Gasteiger charge is 2.47. The fraction of sp³-hybridized carbons (Fsp3) is 0.350. The Bertz CT molecular complexity index is 1010. The number of nitrogens with one attached hydrogen (secondary N) is 2. The van der Waals surface area contributed by atoms with E-state index < -0.39 is 36.0 Å². The zero-order valence-corrected chi connectivity index (χ0v) is 17.2. The molecule has 1 atom stereocenters. The minimum Gasteiger partial charge on any atom is -0.452 e. The molecule has 1 fully saturated rings. The summed E-state index contributed by atoms with van der Waals surface area (Å²) in [6.07, 6.45) is 0.368. The lowest BCUT2D eigenvalue weighted by atomic mass is 10.00. The van der Waals surface area contributed by atoms with Crippen molar-refractivity contribution in [3.8, 4) is 5.69 Å². The second kappa shape index (κ2) is 7.97. The number of aromatic nitrogens is 2. The summed E-state index contributed by atoms with van der Waals surface area (Å²) in [6, 6.07) is 7.77. The number of nitrogens with zero attached hydrogens (tertiary/aromatic N) is 3. The molecule has 0 bridgehead atoms. The Kier molecular flexibility index (Phi) is 5.59. The van der Waals surface area contributed by atoms with E-state index in [9.17, 15) is 19.2 Å². The van der Waals surface area contributed by atoms with Crippen LogP contribution in [0.2, 0.25) is 0 Å². The van der Waals surface area contributed by atoms with E-state index in [1.807, 2.05) is 19.9 Å². The van der Waals surface area contributed by atoms with Gasteiger partial charge in [0.15, 0.2) is 6.61 Å². The van der Waals surface area contributed by atoms with Gasteiger partial charge in [0, 0.05) is 5.69 Å². The first kappa shape index (κ1) is 21.0. The molecule has 2 heterocycles. The van der Waals surface area contributed by atoms with Gasteiger partial charge < -0.3 is 10.1 Å². The van der Waals surface area contributed by atoms with Crippen molar-refractivity contribution in [1.29, 1.82) is 0 Å². The van der Waals surface area contributed by atoms with E-state index in [0.717, 1.165) is 17.1 Å². The Morgan fingerprint density at radius 2 is 1.87 bits per heavy atom. The van der Waals surface area contributed by atoms with E-state index in [-0.39, 0.29) is 5.56 Å². The van der Waals surface area contributed by atoms with E-state index in [4.69, 9.17) is 4.74 Å². The van der Waals surface area contributed by atoms with Gasteiger partial charge in [-0.05, 0) is 57.5 Å². The molecule has 1 aromatic heterocycles. The fourth-order valence-electron chi connectivity index (χ4n) is 3.03. The number of hydrogen-bond donors (Lipinski definition) is 2. The van der Waals surface area contributed by atoms with E-state index >= 15 is 0 Å². The van der Waals surface area contributed by atoms with Crippen LogP contribution in [0.4, 0.5) is 4.79 Å². The van der Waals surface area contributed by atoms with Crippen molar-refractivity contribution < 1.29 is 23.9 Å². The number of hydrogen-bond acceptors (Lipinski definition) is 6. The molecule has 158 valence electrons. The van der Waals surface area contributed by atoms with Gasteiger partial charge in [-0.1, -0.05) is 6.92 Å². The molecule has 0 spiro atoms. The summed E-state index contributed by atoms with van der Waals surface area (Å²) in [5, 5.41) is 7.48. The van der Waals surface area contributed by atoms with Crippen LogP contribution in [-0.2, 0) is 14.3 Å². The molecule has 10 heteroatoms. The van der Waals surface area contributed by atoms with Crippen LogP contribution in [0.5, 0.6) is 0 Å². The number of rotatable bonds is 6. The van der Waals surface area contributed by atoms with Gasteiger partial charge in [-0.25, -0.2) is 14.3 Å². The number of amides is 4. The topological polar surface area (TPSA) is 123 Å². The first-order valence-electron chi connectivity index (χ1n) is 9.41. The second-order valence-electron chi connectivity index (χ2n) is 7.25. The summed E-state index contributed by atoms with van der Waals surface area (Å²) >= 11 is 0. The molecule has 0 radical (unpaired) electrons. The number of esters is 1. The predicted molar refractivity (Wildman–Crippen MR) is 106 cm³/mol. The predicted octanol–water partition coefficient (Wildman–Crippen LogP) is 1.40. The average molecular weight is 413 g/mol. The summed E-state index contributed by atoms with van der Waals surface area (Å²) in [5.74, 6) is -2.08. The van der Waals surface area contributed by atoms with Crippen molar-refractivity contribution in [2.45, 2.75) is 39.7 Å². The number of benzene rings is 1. The Labute approximate surface area is 173 Å². The van der Waals surface area contributed by atoms with Crippen LogP contribution in [0.15, 0.2) is 30.3 Å². The molecule has 0 unspecified atom stereocenters. The lowest BCUT2D eigenvalue weighted by Gasteiger charge is -2.19. The molecule has 2 N–H and O–H groups in total. The van der Waals surface area contributed by atoms with Crippen molar-refractivity contribution in [2.24, 2.45) is 0 Å². The van der Waals surface area contributed by atoms with Crippen molar-refractivity contribution in [3.05, 3.63) is 47.3 Å². The summed E-state index contributed by atoms with van der Waals surface area (Å²) in [4.78, 5) is 48.4. The van der Waals surface area contributed by atoms with E-state index in [0.29, 0.717) is 11.4 Å². The van der Waals surface area contributed by atoms with Crippen LogP contribution in [-0.4, -0.2) is 50.7 Å². The quantitative estimate of drug-likeness (QED) is 0.545. The van der Waals surface area contributed by atoms with E-state index in [1.165, 1.54) is 0 Å². The molecule has 1 saturated heterocycles. The number of carbonyl (C=O) groups excluding carboxylic acids is 4. The highest BCUT2D eigenvalue weighted by Crippen LogP contribution is 2.19. The highest BCUT2D eigenvalue weighted by atomic mass is 16.5. The Hall–Kier alpha value is -3.69. The Morgan fingerprint density at radius 1 is 1.20 bits per heavy atom. The van der Waals surface area contributed by atoms with Gasteiger partial charge in [0.05, 0.1) is 16.9 Å². The maximum Gasteiger partial charge on any atom is 0.344 e. The van der Waals surface area contributed by atoms with Crippen molar-refractivity contribution in [2.75, 3.05) is 6.61 Å². The third kappa shape index (κ3) is 4.02. The van der Waals surface area contributed by atoms with Gasteiger partial charge in [-0.2, -0.15) is 10.1 Å². The van der Waals surface area contributed by atoms with Crippen molar-refractivity contribution in [1.82, 2.24) is 25.5 Å². The lowest BCUT2D eigenvalue weighted by molar-refractivity contribution is -0.139. The molecule has 4 amide bonds. The first-order chi connectivity index (χ1) is 14.1. The maximum atomic E-state index is 12.3. The molecule has 1 aliphatic heterocycles. The van der Waals surface area contributed by atoms with Gasteiger partial charge in [0.1, 0.15) is 5.54 Å². The van der Waals surface area contributed by atoms with Crippen molar-refractivity contribution in [3.63, 3.8) is 0 Å². The summed E-state index contributed by atoms with van der Waals surface area (Å²) in [7, 11) is 0. The second-order valence-corrected chi connectivity index (χ2v) is 7.25. The van der Waals surface area contributed by atoms with Gasteiger partial charge in [-0.3, -0.25) is 15.0 Å². The first-order valence-corrected chi connectivity index (χ1v) is 9.41. The minimum atomic E-state index is -1.08.